The maximum absolute atomic E-state index is 12.5. The van der Waals surface area contributed by atoms with Gasteiger partial charge in [-0.25, -0.2) is 0 Å². The van der Waals surface area contributed by atoms with Gasteiger partial charge in [-0.05, 0) is 26.8 Å². The first-order valence-electron chi connectivity index (χ1n) is 6.58. The van der Waals surface area contributed by atoms with Crippen LogP contribution in [0.25, 0.3) is 0 Å². The van der Waals surface area contributed by atoms with Crippen LogP contribution in [0.4, 0.5) is 5.69 Å². The molecule has 1 rings (SSSR count). The second-order valence-corrected chi connectivity index (χ2v) is 4.61. The molecule has 0 aromatic heterocycles. The lowest BCUT2D eigenvalue weighted by Crippen LogP contribution is -2.41. The fraction of sp³-hybridized carbons (Fsp3) is 0.429. The number of hydrogen-bond donors (Lipinski definition) is 0. The maximum Gasteiger partial charge on any atom is 0.325 e. The molecule has 0 radical (unpaired) electrons. The number of esters is 1. The summed E-state index contributed by atoms with van der Waals surface area (Å²) in [4.78, 5) is 35.6. The molecular weight excluding hydrogens is 276 g/mol. The molecule has 0 aliphatic heterocycles. The molecule has 0 spiro atoms. The van der Waals surface area contributed by atoms with Gasteiger partial charge in [0.15, 0.2) is 0 Å². The standard InChI is InChI=1S/C14H18N2O5/c1-4-21-13(17)9-15(10(2)3)14(18)11-7-5-6-8-12(11)16(19)20/h5-8,10H,4,9H2,1-3H3. The fourth-order valence-electron chi connectivity index (χ4n) is 1.80. The fourth-order valence-corrected chi connectivity index (χ4v) is 1.80. The maximum atomic E-state index is 12.5. The quantitative estimate of drug-likeness (QED) is 0.455. The molecule has 0 N–H and O–H groups in total. The molecule has 0 atom stereocenters. The van der Waals surface area contributed by atoms with Crippen molar-refractivity contribution in [2.45, 2.75) is 26.8 Å². The van der Waals surface area contributed by atoms with Crippen LogP contribution < -0.4 is 0 Å². The van der Waals surface area contributed by atoms with Gasteiger partial charge in [-0.3, -0.25) is 19.7 Å². The van der Waals surface area contributed by atoms with Crippen molar-refractivity contribution in [3.8, 4) is 0 Å². The second-order valence-electron chi connectivity index (χ2n) is 4.61. The molecule has 0 unspecified atom stereocenters. The summed E-state index contributed by atoms with van der Waals surface area (Å²) in [6, 6.07) is 5.38. The van der Waals surface area contributed by atoms with Crippen molar-refractivity contribution in [2.24, 2.45) is 0 Å². The van der Waals surface area contributed by atoms with Crippen LogP contribution >= 0.6 is 0 Å². The van der Waals surface area contributed by atoms with Crippen molar-refractivity contribution < 1.29 is 19.2 Å². The minimum absolute atomic E-state index is 0.0412. The summed E-state index contributed by atoms with van der Waals surface area (Å²) < 4.78 is 4.82. The molecule has 7 heteroatoms. The number of amides is 1. The molecule has 1 amide bonds. The SMILES string of the molecule is CCOC(=O)CN(C(=O)c1ccccc1[N+](=O)[O-])C(C)C. The first-order valence-corrected chi connectivity index (χ1v) is 6.58. The Morgan fingerprint density at radius 1 is 1.33 bits per heavy atom. The first-order chi connectivity index (χ1) is 9.88. The van der Waals surface area contributed by atoms with Crippen LogP contribution in [0.5, 0.6) is 0 Å². The molecule has 1 aromatic carbocycles. The van der Waals surface area contributed by atoms with Crippen LogP contribution in [0.15, 0.2) is 24.3 Å². The summed E-state index contributed by atoms with van der Waals surface area (Å²) in [6.45, 7) is 5.10. The Labute approximate surface area is 122 Å². The Balaban J connectivity index is 3.07. The Kier molecular flexibility index (Phi) is 5.83. The predicted molar refractivity (Wildman–Crippen MR) is 75.9 cm³/mol. The van der Waals surface area contributed by atoms with Crippen LogP contribution in [0.2, 0.25) is 0 Å². The molecule has 0 aliphatic carbocycles. The first kappa shape index (κ1) is 16.6. The summed E-state index contributed by atoms with van der Waals surface area (Å²) in [7, 11) is 0. The largest absolute Gasteiger partial charge is 0.465 e. The summed E-state index contributed by atoms with van der Waals surface area (Å²) >= 11 is 0. The summed E-state index contributed by atoms with van der Waals surface area (Å²) in [5, 5.41) is 11.0. The zero-order valence-corrected chi connectivity index (χ0v) is 12.2. The third-order valence-electron chi connectivity index (χ3n) is 2.82. The third-order valence-corrected chi connectivity index (χ3v) is 2.82. The normalized spacial score (nSPS) is 10.3. The van der Waals surface area contributed by atoms with E-state index in [2.05, 4.69) is 0 Å². The van der Waals surface area contributed by atoms with Crippen molar-refractivity contribution in [1.82, 2.24) is 4.90 Å². The number of nitro groups is 1. The van der Waals surface area contributed by atoms with Gasteiger partial charge in [0.2, 0.25) is 0 Å². The number of para-hydroxylation sites is 1. The van der Waals surface area contributed by atoms with Gasteiger partial charge in [0.25, 0.3) is 11.6 Å². The zero-order valence-electron chi connectivity index (χ0n) is 12.2. The van der Waals surface area contributed by atoms with Crippen molar-refractivity contribution in [2.75, 3.05) is 13.2 Å². The van der Waals surface area contributed by atoms with E-state index in [1.807, 2.05) is 0 Å². The summed E-state index contributed by atoms with van der Waals surface area (Å²) in [5.41, 5.74) is -0.322. The molecule has 0 fully saturated rings. The number of hydrogen-bond acceptors (Lipinski definition) is 5. The van der Waals surface area contributed by atoms with Gasteiger partial charge in [-0.2, -0.15) is 0 Å². The number of nitrogens with zero attached hydrogens (tertiary/aromatic N) is 2. The van der Waals surface area contributed by atoms with Crippen LogP contribution in [-0.2, 0) is 9.53 Å². The molecule has 0 heterocycles. The van der Waals surface area contributed by atoms with E-state index in [9.17, 15) is 19.7 Å². The van der Waals surface area contributed by atoms with E-state index in [-0.39, 0.29) is 30.4 Å². The van der Waals surface area contributed by atoms with Gasteiger partial charge in [0.1, 0.15) is 12.1 Å². The van der Waals surface area contributed by atoms with Crippen molar-refractivity contribution in [1.29, 1.82) is 0 Å². The number of rotatable bonds is 6. The van der Waals surface area contributed by atoms with Gasteiger partial charge in [0.05, 0.1) is 11.5 Å². The van der Waals surface area contributed by atoms with E-state index in [4.69, 9.17) is 4.74 Å². The summed E-state index contributed by atoms with van der Waals surface area (Å²) in [5.74, 6) is -1.11. The van der Waals surface area contributed by atoms with Crippen LogP contribution in [-0.4, -0.2) is 40.9 Å². The van der Waals surface area contributed by atoms with E-state index >= 15 is 0 Å². The number of carbonyl (C=O) groups excluding carboxylic acids is 2. The van der Waals surface area contributed by atoms with Gasteiger partial charge >= 0.3 is 5.97 Å². The monoisotopic (exact) mass is 294 g/mol. The van der Waals surface area contributed by atoms with Crippen molar-refractivity contribution >= 4 is 17.6 Å². The number of benzene rings is 1. The lowest BCUT2D eigenvalue weighted by atomic mass is 10.1. The molecule has 21 heavy (non-hydrogen) atoms. The second kappa shape index (κ2) is 7.37. The van der Waals surface area contributed by atoms with E-state index < -0.39 is 16.8 Å². The molecule has 114 valence electrons. The van der Waals surface area contributed by atoms with Crippen LogP contribution in [0.3, 0.4) is 0 Å². The Hall–Kier alpha value is -2.44. The van der Waals surface area contributed by atoms with E-state index in [1.165, 1.54) is 23.1 Å². The van der Waals surface area contributed by atoms with Crippen molar-refractivity contribution in [3.05, 3.63) is 39.9 Å². The van der Waals surface area contributed by atoms with E-state index in [0.717, 1.165) is 0 Å². The van der Waals surface area contributed by atoms with Crippen LogP contribution in [0.1, 0.15) is 31.1 Å². The molecular formula is C14H18N2O5. The molecule has 0 aliphatic rings. The molecule has 0 saturated heterocycles. The van der Waals surface area contributed by atoms with E-state index in [0.29, 0.717) is 0 Å². The lowest BCUT2D eigenvalue weighted by Gasteiger charge is -2.25. The molecule has 0 bridgehead atoms. The average molecular weight is 294 g/mol. The number of nitro benzene ring substituents is 1. The Morgan fingerprint density at radius 3 is 2.48 bits per heavy atom. The lowest BCUT2D eigenvalue weighted by molar-refractivity contribution is -0.385. The van der Waals surface area contributed by atoms with Gasteiger partial charge < -0.3 is 9.64 Å². The minimum atomic E-state index is -0.615. The highest BCUT2D eigenvalue weighted by atomic mass is 16.6. The third kappa shape index (κ3) is 4.27. The smallest absolute Gasteiger partial charge is 0.325 e. The highest BCUT2D eigenvalue weighted by molar-refractivity contribution is 5.99. The minimum Gasteiger partial charge on any atom is -0.465 e. The van der Waals surface area contributed by atoms with Crippen LogP contribution in [0, 0.1) is 10.1 Å². The Bertz CT molecular complexity index is 542. The molecule has 7 nitrogen and oxygen atoms in total. The topological polar surface area (TPSA) is 89.8 Å². The number of ether oxygens (including phenoxy) is 1. The van der Waals surface area contributed by atoms with Gasteiger partial charge in [-0.15, -0.1) is 0 Å². The average Bonchev–Trinajstić information content (AvgIpc) is 2.44. The molecule has 0 saturated carbocycles. The molecule has 1 aromatic rings. The van der Waals surface area contributed by atoms with E-state index in [1.54, 1.807) is 26.8 Å². The predicted octanol–water partition coefficient (Wildman–Crippen LogP) is 2.01. The highest BCUT2D eigenvalue weighted by Gasteiger charge is 2.27. The van der Waals surface area contributed by atoms with Gasteiger partial charge in [0, 0.05) is 12.1 Å². The van der Waals surface area contributed by atoms with Crippen molar-refractivity contribution in [3.63, 3.8) is 0 Å². The summed E-state index contributed by atoms with van der Waals surface area (Å²) in [6.07, 6.45) is 0. The Morgan fingerprint density at radius 2 is 1.95 bits per heavy atom. The highest BCUT2D eigenvalue weighted by Crippen LogP contribution is 2.20. The zero-order chi connectivity index (χ0) is 16.0. The van der Waals surface area contributed by atoms with Gasteiger partial charge in [-0.1, -0.05) is 12.1 Å². The number of carbonyl (C=O) groups is 2.